The third kappa shape index (κ3) is 3.16. The fraction of sp³-hybridized carbons (Fsp3) is 0.200. The number of rotatable bonds is 5. The van der Waals surface area contributed by atoms with Crippen LogP contribution >= 0.6 is 11.3 Å². The summed E-state index contributed by atoms with van der Waals surface area (Å²) in [5, 5.41) is 16.9. The van der Waals surface area contributed by atoms with E-state index in [0.717, 1.165) is 16.0 Å². The lowest BCUT2D eigenvalue weighted by molar-refractivity contribution is -0.0258. The van der Waals surface area contributed by atoms with Crippen LogP contribution in [0.3, 0.4) is 0 Å². The van der Waals surface area contributed by atoms with Crippen LogP contribution in [-0.2, 0) is 12.5 Å². The van der Waals surface area contributed by atoms with Gasteiger partial charge in [0, 0.05) is 5.56 Å². The molecule has 124 valence electrons. The van der Waals surface area contributed by atoms with Crippen LogP contribution in [0.5, 0.6) is 0 Å². The van der Waals surface area contributed by atoms with Gasteiger partial charge in [0.05, 0.1) is 11.9 Å². The monoisotopic (exact) mass is 350 g/mol. The number of hydrogen-bond donors (Lipinski definition) is 1. The van der Waals surface area contributed by atoms with Gasteiger partial charge in [0.15, 0.2) is 0 Å². The molecule has 0 saturated carbocycles. The molecule has 1 N–H and O–H groups in total. The second-order valence-corrected chi connectivity index (χ2v) is 6.11. The molecule has 24 heavy (non-hydrogen) atoms. The Morgan fingerprint density at radius 2 is 2.04 bits per heavy atom. The smallest absolute Gasteiger partial charge is 0.347 e. The Bertz CT molecular complexity index is 877. The van der Waals surface area contributed by atoms with Crippen molar-refractivity contribution in [3.8, 4) is 10.7 Å². The maximum Gasteiger partial charge on any atom is 0.347 e. The number of carboxylic acid groups (broad SMARTS) is 1. The van der Waals surface area contributed by atoms with E-state index in [4.69, 9.17) is 5.11 Å². The van der Waals surface area contributed by atoms with Gasteiger partial charge in [-0.3, -0.25) is 0 Å². The van der Waals surface area contributed by atoms with Crippen molar-refractivity contribution in [1.82, 2.24) is 20.0 Å². The molecule has 0 spiro atoms. The molecule has 3 aromatic rings. The number of thiazole rings is 1. The minimum atomic E-state index is -3.10. The van der Waals surface area contributed by atoms with Gasteiger partial charge in [-0.05, 0) is 6.92 Å². The zero-order valence-corrected chi connectivity index (χ0v) is 13.3. The van der Waals surface area contributed by atoms with Crippen molar-refractivity contribution in [2.45, 2.75) is 19.4 Å². The zero-order valence-electron chi connectivity index (χ0n) is 12.5. The number of carboxylic acids is 1. The predicted molar refractivity (Wildman–Crippen MR) is 83.2 cm³/mol. The molecule has 0 radical (unpaired) electrons. The van der Waals surface area contributed by atoms with Gasteiger partial charge in [0.2, 0.25) is 0 Å². The van der Waals surface area contributed by atoms with Crippen LogP contribution in [0, 0.1) is 6.92 Å². The van der Waals surface area contributed by atoms with Crippen LogP contribution in [-0.4, -0.2) is 31.1 Å². The number of benzene rings is 1. The summed E-state index contributed by atoms with van der Waals surface area (Å²) in [4.78, 5) is 15.2. The van der Waals surface area contributed by atoms with E-state index in [1.165, 1.54) is 18.3 Å². The number of nitrogens with zero attached hydrogens (tertiary/aromatic N) is 4. The largest absolute Gasteiger partial charge is 0.477 e. The van der Waals surface area contributed by atoms with Gasteiger partial charge in [-0.25, -0.2) is 14.5 Å². The molecular weight excluding hydrogens is 338 g/mol. The summed E-state index contributed by atoms with van der Waals surface area (Å²) in [5.41, 5.74) is 0.506. The molecule has 1 aromatic carbocycles. The first-order valence-corrected chi connectivity index (χ1v) is 7.73. The summed E-state index contributed by atoms with van der Waals surface area (Å²) in [5.74, 6) is -4.18. The van der Waals surface area contributed by atoms with Gasteiger partial charge < -0.3 is 5.11 Å². The van der Waals surface area contributed by atoms with Gasteiger partial charge in [-0.1, -0.05) is 35.5 Å². The second kappa shape index (κ2) is 6.08. The Balaban J connectivity index is 1.83. The molecule has 0 aliphatic carbocycles. The van der Waals surface area contributed by atoms with Crippen molar-refractivity contribution >= 4 is 17.3 Å². The quantitative estimate of drug-likeness (QED) is 0.764. The highest BCUT2D eigenvalue weighted by Gasteiger charge is 2.32. The van der Waals surface area contributed by atoms with E-state index in [-0.39, 0.29) is 16.1 Å². The SMILES string of the molecule is Cc1nc(-c2cn(CC(F)(F)c3ccccc3)nn2)sc1C(=O)O. The Hall–Kier alpha value is -2.68. The van der Waals surface area contributed by atoms with E-state index in [1.807, 2.05) is 0 Å². The molecule has 0 unspecified atom stereocenters. The summed E-state index contributed by atoms with van der Waals surface area (Å²) in [6.07, 6.45) is 1.33. The molecule has 0 fully saturated rings. The number of hydrogen-bond acceptors (Lipinski definition) is 5. The highest BCUT2D eigenvalue weighted by Crippen LogP contribution is 2.30. The van der Waals surface area contributed by atoms with E-state index < -0.39 is 18.4 Å². The fourth-order valence-electron chi connectivity index (χ4n) is 2.15. The van der Waals surface area contributed by atoms with Crippen molar-refractivity contribution in [2.24, 2.45) is 0 Å². The van der Waals surface area contributed by atoms with Gasteiger partial charge >= 0.3 is 5.97 Å². The molecular formula is C15H12F2N4O2S. The molecule has 0 saturated heterocycles. The summed E-state index contributed by atoms with van der Waals surface area (Å²) >= 11 is 0.934. The second-order valence-electron chi connectivity index (χ2n) is 5.11. The van der Waals surface area contributed by atoms with Crippen LogP contribution in [0.4, 0.5) is 8.78 Å². The van der Waals surface area contributed by atoms with Crippen molar-refractivity contribution < 1.29 is 18.7 Å². The molecule has 6 nitrogen and oxygen atoms in total. The molecule has 0 bridgehead atoms. The molecule has 9 heteroatoms. The summed E-state index contributed by atoms with van der Waals surface area (Å²) < 4.78 is 29.5. The van der Waals surface area contributed by atoms with Gasteiger partial charge in [0.1, 0.15) is 22.1 Å². The standard InChI is InChI=1S/C15H12F2N4O2S/c1-9-12(14(22)23)24-13(18-9)11-7-21(20-19-11)8-15(16,17)10-5-3-2-4-6-10/h2-7H,8H2,1H3,(H,22,23). The Kier molecular flexibility index (Phi) is 4.10. The number of aryl methyl sites for hydroxylation is 1. The number of halogens is 2. The average Bonchev–Trinajstić information content (AvgIpc) is 3.14. The predicted octanol–water partition coefficient (Wildman–Crippen LogP) is 3.20. The zero-order chi connectivity index (χ0) is 17.3. The van der Waals surface area contributed by atoms with Crippen molar-refractivity contribution in [3.63, 3.8) is 0 Å². The third-order valence-corrected chi connectivity index (χ3v) is 4.47. The Morgan fingerprint density at radius 3 is 2.67 bits per heavy atom. The van der Waals surface area contributed by atoms with E-state index >= 15 is 0 Å². The minimum Gasteiger partial charge on any atom is -0.477 e. The highest BCUT2D eigenvalue weighted by atomic mass is 32.1. The normalized spacial score (nSPS) is 11.6. The third-order valence-electron chi connectivity index (χ3n) is 3.31. The lowest BCUT2D eigenvalue weighted by Crippen LogP contribution is -2.21. The summed E-state index contributed by atoms with van der Waals surface area (Å²) in [6, 6.07) is 7.45. The summed E-state index contributed by atoms with van der Waals surface area (Å²) in [7, 11) is 0. The van der Waals surface area contributed by atoms with Crippen molar-refractivity contribution in [3.05, 3.63) is 52.7 Å². The highest BCUT2D eigenvalue weighted by molar-refractivity contribution is 7.16. The molecule has 2 heterocycles. The number of carbonyl (C=O) groups is 1. The topological polar surface area (TPSA) is 80.9 Å². The maximum atomic E-state index is 14.2. The molecule has 3 rings (SSSR count). The Morgan fingerprint density at radius 1 is 1.33 bits per heavy atom. The average molecular weight is 350 g/mol. The van der Waals surface area contributed by atoms with Crippen LogP contribution in [0.15, 0.2) is 36.5 Å². The van der Waals surface area contributed by atoms with Gasteiger partial charge in [-0.15, -0.1) is 16.4 Å². The molecule has 0 atom stereocenters. The fourth-order valence-corrected chi connectivity index (χ4v) is 3.01. The maximum absolute atomic E-state index is 14.2. The Labute approximate surface area is 139 Å². The molecule has 2 aromatic heterocycles. The minimum absolute atomic E-state index is 0.0918. The molecule has 0 amide bonds. The van der Waals surface area contributed by atoms with Crippen LogP contribution in [0.1, 0.15) is 20.9 Å². The van der Waals surface area contributed by atoms with Gasteiger partial charge in [-0.2, -0.15) is 8.78 Å². The van der Waals surface area contributed by atoms with E-state index in [1.54, 1.807) is 25.1 Å². The van der Waals surface area contributed by atoms with E-state index in [9.17, 15) is 13.6 Å². The first-order chi connectivity index (χ1) is 11.4. The first kappa shape index (κ1) is 16.2. The first-order valence-electron chi connectivity index (χ1n) is 6.91. The van der Waals surface area contributed by atoms with Gasteiger partial charge in [0.25, 0.3) is 5.92 Å². The van der Waals surface area contributed by atoms with E-state index in [0.29, 0.717) is 10.7 Å². The lowest BCUT2D eigenvalue weighted by atomic mass is 10.1. The number of alkyl halides is 2. The van der Waals surface area contributed by atoms with Crippen LogP contribution < -0.4 is 0 Å². The van der Waals surface area contributed by atoms with Crippen LogP contribution in [0.25, 0.3) is 10.7 Å². The van der Waals surface area contributed by atoms with Crippen molar-refractivity contribution in [1.29, 1.82) is 0 Å². The summed E-state index contributed by atoms with van der Waals surface area (Å²) in [6.45, 7) is 0.900. The molecule has 0 aliphatic heterocycles. The number of aromatic carboxylic acids is 1. The van der Waals surface area contributed by atoms with E-state index in [2.05, 4.69) is 15.3 Å². The van der Waals surface area contributed by atoms with Crippen molar-refractivity contribution in [2.75, 3.05) is 0 Å². The number of aromatic nitrogens is 4. The lowest BCUT2D eigenvalue weighted by Gasteiger charge is -2.15. The molecule has 0 aliphatic rings. The van der Waals surface area contributed by atoms with Crippen LogP contribution in [0.2, 0.25) is 0 Å².